The van der Waals surface area contributed by atoms with Gasteiger partial charge in [0.05, 0.1) is 5.69 Å². The van der Waals surface area contributed by atoms with Crippen LogP contribution in [0.25, 0.3) is 5.69 Å². The van der Waals surface area contributed by atoms with Gasteiger partial charge in [-0.3, -0.25) is 9.89 Å². The SMILES string of the molecule is Cc1c(C(C)(C)C)[nH]n(-c2ccccc2)c1=O. The summed E-state index contributed by atoms with van der Waals surface area (Å²) in [6, 6.07) is 9.63. The molecule has 90 valence electrons. The van der Waals surface area contributed by atoms with Crippen LogP contribution in [0.4, 0.5) is 0 Å². The van der Waals surface area contributed by atoms with Crippen LogP contribution in [0.3, 0.4) is 0 Å². The molecule has 0 aliphatic rings. The van der Waals surface area contributed by atoms with Crippen LogP contribution in [0.15, 0.2) is 35.1 Å². The zero-order valence-corrected chi connectivity index (χ0v) is 10.7. The number of hydrogen-bond donors (Lipinski definition) is 1. The lowest BCUT2D eigenvalue weighted by molar-refractivity contribution is 0.557. The molecule has 0 aliphatic heterocycles. The van der Waals surface area contributed by atoms with Crippen molar-refractivity contribution in [3.05, 3.63) is 51.9 Å². The molecule has 1 N–H and O–H groups in total. The van der Waals surface area contributed by atoms with Gasteiger partial charge in [-0.25, -0.2) is 4.68 Å². The van der Waals surface area contributed by atoms with Crippen molar-refractivity contribution in [2.75, 3.05) is 0 Å². The number of aromatic amines is 1. The van der Waals surface area contributed by atoms with E-state index in [-0.39, 0.29) is 11.0 Å². The van der Waals surface area contributed by atoms with E-state index in [9.17, 15) is 4.79 Å². The van der Waals surface area contributed by atoms with Gasteiger partial charge in [0.15, 0.2) is 0 Å². The number of H-pyrrole nitrogens is 1. The Labute approximate surface area is 101 Å². The summed E-state index contributed by atoms with van der Waals surface area (Å²) < 4.78 is 1.61. The number of benzene rings is 1. The van der Waals surface area contributed by atoms with Crippen LogP contribution in [-0.2, 0) is 5.41 Å². The molecule has 0 saturated carbocycles. The van der Waals surface area contributed by atoms with Crippen molar-refractivity contribution in [3.8, 4) is 5.69 Å². The number of nitrogens with one attached hydrogen (secondary N) is 1. The van der Waals surface area contributed by atoms with Crippen molar-refractivity contribution in [2.45, 2.75) is 33.1 Å². The number of rotatable bonds is 1. The van der Waals surface area contributed by atoms with Crippen molar-refractivity contribution in [1.29, 1.82) is 0 Å². The maximum Gasteiger partial charge on any atom is 0.274 e. The van der Waals surface area contributed by atoms with Gasteiger partial charge < -0.3 is 0 Å². The molecular formula is C14H18N2O. The van der Waals surface area contributed by atoms with Gasteiger partial charge in [-0.15, -0.1) is 0 Å². The Kier molecular flexibility index (Phi) is 2.69. The minimum absolute atomic E-state index is 0.0288. The standard InChI is InChI=1S/C14H18N2O/c1-10-12(14(2,3)4)15-16(13(10)17)11-8-6-5-7-9-11/h5-9,15H,1-4H3. The maximum atomic E-state index is 12.2. The lowest BCUT2D eigenvalue weighted by atomic mass is 9.90. The predicted molar refractivity (Wildman–Crippen MR) is 69.8 cm³/mol. The first-order chi connectivity index (χ1) is 7.91. The lowest BCUT2D eigenvalue weighted by Crippen LogP contribution is -2.15. The third-order valence-corrected chi connectivity index (χ3v) is 2.89. The molecule has 0 unspecified atom stereocenters. The summed E-state index contributed by atoms with van der Waals surface area (Å²) in [6.45, 7) is 8.17. The molecule has 17 heavy (non-hydrogen) atoms. The summed E-state index contributed by atoms with van der Waals surface area (Å²) in [5.41, 5.74) is 2.63. The molecule has 1 aromatic heterocycles. The first-order valence-electron chi connectivity index (χ1n) is 5.79. The average molecular weight is 230 g/mol. The summed E-state index contributed by atoms with van der Waals surface area (Å²) >= 11 is 0. The third kappa shape index (κ3) is 2.05. The molecule has 3 nitrogen and oxygen atoms in total. The number of aromatic nitrogens is 2. The molecule has 1 aromatic carbocycles. The highest BCUT2D eigenvalue weighted by molar-refractivity contribution is 5.33. The molecule has 0 spiro atoms. The van der Waals surface area contributed by atoms with Gasteiger partial charge in [0, 0.05) is 16.7 Å². The largest absolute Gasteiger partial charge is 0.294 e. The van der Waals surface area contributed by atoms with Crippen molar-refractivity contribution >= 4 is 0 Å². The Hall–Kier alpha value is -1.77. The van der Waals surface area contributed by atoms with E-state index >= 15 is 0 Å². The van der Waals surface area contributed by atoms with E-state index in [1.165, 1.54) is 0 Å². The molecule has 3 heteroatoms. The topological polar surface area (TPSA) is 37.8 Å². The first-order valence-corrected chi connectivity index (χ1v) is 5.79. The van der Waals surface area contributed by atoms with Crippen LogP contribution in [0, 0.1) is 6.92 Å². The highest BCUT2D eigenvalue weighted by atomic mass is 16.1. The van der Waals surface area contributed by atoms with Crippen LogP contribution < -0.4 is 5.56 Å². The Morgan fingerprint density at radius 1 is 1.12 bits per heavy atom. The average Bonchev–Trinajstić information content (AvgIpc) is 2.57. The lowest BCUT2D eigenvalue weighted by Gasteiger charge is -2.17. The van der Waals surface area contributed by atoms with Crippen LogP contribution in [0.5, 0.6) is 0 Å². The third-order valence-electron chi connectivity index (χ3n) is 2.89. The maximum absolute atomic E-state index is 12.2. The smallest absolute Gasteiger partial charge is 0.274 e. The second-order valence-electron chi connectivity index (χ2n) is 5.34. The minimum Gasteiger partial charge on any atom is -0.294 e. The molecule has 1 heterocycles. The Morgan fingerprint density at radius 3 is 2.18 bits per heavy atom. The van der Waals surface area contributed by atoms with E-state index in [1.807, 2.05) is 37.3 Å². The minimum atomic E-state index is -0.0523. The monoisotopic (exact) mass is 230 g/mol. The zero-order valence-electron chi connectivity index (χ0n) is 10.7. The molecule has 0 aliphatic carbocycles. The predicted octanol–water partition coefficient (Wildman–Crippen LogP) is 2.77. The van der Waals surface area contributed by atoms with Crippen LogP contribution in [-0.4, -0.2) is 9.78 Å². The molecule has 2 rings (SSSR count). The fraction of sp³-hybridized carbons (Fsp3) is 0.357. The Morgan fingerprint density at radius 2 is 1.71 bits per heavy atom. The summed E-state index contributed by atoms with van der Waals surface area (Å²) in [5, 5.41) is 3.21. The van der Waals surface area contributed by atoms with E-state index in [0.717, 1.165) is 16.9 Å². The number of para-hydroxylation sites is 1. The number of hydrogen-bond acceptors (Lipinski definition) is 1. The van der Waals surface area contributed by atoms with Gasteiger partial charge in [0.2, 0.25) is 0 Å². The fourth-order valence-electron chi connectivity index (χ4n) is 2.01. The normalized spacial score (nSPS) is 11.8. The molecular weight excluding hydrogens is 212 g/mol. The highest BCUT2D eigenvalue weighted by Crippen LogP contribution is 2.22. The van der Waals surface area contributed by atoms with E-state index in [1.54, 1.807) is 4.68 Å². The number of nitrogens with zero attached hydrogens (tertiary/aromatic N) is 1. The van der Waals surface area contributed by atoms with Crippen molar-refractivity contribution in [2.24, 2.45) is 0 Å². The van der Waals surface area contributed by atoms with E-state index < -0.39 is 0 Å². The van der Waals surface area contributed by atoms with E-state index in [0.29, 0.717) is 0 Å². The van der Waals surface area contributed by atoms with Gasteiger partial charge >= 0.3 is 0 Å². The Balaban J connectivity index is 2.63. The molecule has 0 atom stereocenters. The molecule has 0 bridgehead atoms. The van der Waals surface area contributed by atoms with Gasteiger partial charge in [0.25, 0.3) is 5.56 Å². The summed E-state index contributed by atoms with van der Waals surface area (Å²) in [5.74, 6) is 0. The van der Waals surface area contributed by atoms with Gasteiger partial charge in [-0.05, 0) is 19.1 Å². The molecule has 2 aromatic rings. The van der Waals surface area contributed by atoms with Crippen LogP contribution in [0.1, 0.15) is 32.0 Å². The van der Waals surface area contributed by atoms with Gasteiger partial charge in [0.1, 0.15) is 0 Å². The van der Waals surface area contributed by atoms with Crippen molar-refractivity contribution in [1.82, 2.24) is 9.78 Å². The summed E-state index contributed by atoms with van der Waals surface area (Å²) in [4.78, 5) is 12.2. The quantitative estimate of drug-likeness (QED) is 0.803. The van der Waals surface area contributed by atoms with Crippen LogP contribution >= 0.6 is 0 Å². The van der Waals surface area contributed by atoms with Crippen LogP contribution in [0.2, 0.25) is 0 Å². The molecule has 0 radical (unpaired) electrons. The molecule has 0 amide bonds. The first kappa shape index (κ1) is 11.7. The second kappa shape index (κ2) is 3.91. The van der Waals surface area contributed by atoms with Gasteiger partial charge in [-0.2, -0.15) is 0 Å². The van der Waals surface area contributed by atoms with E-state index in [4.69, 9.17) is 0 Å². The highest BCUT2D eigenvalue weighted by Gasteiger charge is 2.22. The van der Waals surface area contributed by atoms with E-state index in [2.05, 4.69) is 25.9 Å². The zero-order chi connectivity index (χ0) is 12.6. The van der Waals surface area contributed by atoms with Gasteiger partial charge in [-0.1, -0.05) is 39.0 Å². The Bertz CT molecular complexity index is 571. The second-order valence-corrected chi connectivity index (χ2v) is 5.34. The summed E-state index contributed by atoms with van der Waals surface area (Å²) in [6.07, 6.45) is 0. The van der Waals surface area contributed by atoms with Crippen molar-refractivity contribution < 1.29 is 0 Å². The molecule has 0 fully saturated rings. The fourth-order valence-corrected chi connectivity index (χ4v) is 2.01. The summed E-state index contributed by atoms with van der Waals surface area (Å²) in [7, 11) is 0. The molecule has 0 saturated heterocycles. The van der Waals surface area contributed by atoms with Crippen molar-refractivity contribution in [3.63, 3.8) is 0 Å².